The number of carbonyl (C=O) groups excluding carboxylic acids is 2. The standard InChI is InChI=1S/C30H28FN3O2/c1-20(2)33(30(36)23-11-7-12-24(31)18-23)19-28(35)34-26-14-5-4-13-25(26)32-16-8-15-27(32)29(34)22-10-6-9-21(3)17-22/h4-18,20,29H,19H2,1-3H3. The average Bonchev–Trinajstić information content (AvgIpc) is 3.35. The molecule has 3 aromatic carbocycles. The molecule has 0 N–H and O–H groups in total. The first-order chi connectivity index (χ1) is 17.3. The van der Waals surface area contributed by atoms with Crippen LogP contribution in [0.25, 0.3) is 5.69 Å². The number of hydrogen-bond acceptors (Lipinski definition) is 2. The number of rotatable bonds is 5. The Hall–Kier alpha value is -4.19. The van der Waals surface area contributed by atoms with E-state index in [1.165, 1.54) is 23.1 Å². The third-order valence-corrected chi connectivity index (χ3v) is 6.61. The van der Waals surface area contributed by atoms with Gasteiger partial charge in [0.2, 0.25) is 5.91 Å². The van der Waals surface area contributed by atoms with Crippen molar-refractivity contribution in [2.24, 2.45) is 0 Å². The van der Waals surface area contributed by atoms with Gasteiger partial charge < -0.3 is 9.47 Å². The average molecular weight is 482 g/mol. The third kappa shape index (κ3) is 4.19. The van der Waals surface area contributed by atoms with Crippen molar-refractivity contribution in [1.82, 2.24) is 9.47 Å². The molecule has 36 heavy (non-hydrogen) atoms. The van der Waals surface area contributed by atoms with E-state index in [1.807, 2.05) is 81.6 Å². The molecular formula is C30H28FN3O2. The molecule has 1 unspecified atom stereocenters. The number of nitrogens with zero attached hydrogens (tertiary/aromatic N) is 3. The summed E-state index contributed by atoms with van der Waals surface area (Å²) >= 11 is 0. The van der Waals surface area contributed by atoms with Crippen LogP contribution in [0, 0.1) is 12.7 Å². The van der Waals surface area contributed by atoms with Crippen LogP contribution in [0.2, 0.25) is 0 Å². The van der Waals surface area contributed by atoms with Gasteiger partial charge in [0.05, 0.1) is 17.1 Å². The topological polar surface area (TPSA) is 45.6 Å². The molecule has 5 nitrogen and oxygen atoms in total. The van der Waals surface area contributed by atoms with Crippen molar-refractivity contribution in [2.45, 2.75) is 32.9 Å². The van der Waals surface area contributed by atoms with Gasteiger partial charge >= 0.3 is 0 Å². The van der Waals surface area contributed by atoms with Crippen LogP contribution >= 0.6 is 0 Å². The molecule has 1 aromatic heterocycles. The van der Waals surface area contributed by atoms with Crippen LogP contribution < -0.4 is 4.90 Å². The predicted octanol–water partition coefficient (Wildman–Crippen LogP) is 5.91. The van der Waals surface area contributed by atoms with Crippen molar-refractivity contribution in [1.29, 1.82) is 0 Å². The zero-order valence-electron chi connectivity index (χ0n) is 20.6. The van der Waals surface area contributed by atoms with E-state index in [1.54, 1.807) is 11.0 Å². The first-order valence-corrected chi connectivity index (χ1v) is 12.1. The van der Waals surface area contributed by atoms with Crippen molar-refractivity contribution in [3.05, 3.63) is 119 Å². The number of benzene rings is 3. The van der Waals surface area contributed by atoms with Gasteiger partial charge in [-0.3, -0.25) is 14.5 Å². The number of para-hydroxylation sites is 2. The predicted molar refractivity (Wildman–Crippen MR) is 139 cm³/mol. The molecule has 0 fully saturated rings. The number of aromatic nitrogens is 1. The largest absolute Gasteiger partial charge is 0.327 e. The van der Waals surface area contributed by atoms with E-state index in [0.717, 1.165) is 28.2 Å². The Kier molecular flexibility index (Phi) is 6.18. The van der Waals surface area contributed by atoms with Crippen LogP contribution in [0.1, 0.15) is 47.1 Å². The molecule has 1 aliphatic rings. The van der Waals surface area contributed by atoms with Crippen LogP contribution in [0.4, 0.5) is 10.1 Å². The Morgan fingerprint density at radius 2 is 1.67 bits per heavy atom. The van der Waals surface area contributed by atoms with Crippen LogP contribution in [0.3, 0.4) is 0 Å². The molecule has 0 aliphatic carbocycles. The summed E-state index contributed by atoms with van der Waals surface area (Å²) in [5.41, 5.74) is 4.97. The summed E-state index contributed by atoms with van der Waals surface area (Å²) in [5, 5.41) is 0. The highest BCUT2D eigenvalue weighted by molar-refractivity contribution is 6.02. The summed E-state index contributed by atoms with van der Waals surface area (Å²) in [4.78, 5) is 30.8. The third-order valence-electron chi connectivity index (χ3n) is 6.61. The second-order valence-electron chi connectivity index (χ2n) is 9.41. The van der Waals surface area contributed by atoms with Gasteiger partial charge in [0.25, 0.3) is 5.91 Å². The minimum Gasteiger partial charge on any atom is -0.327 e. The van der Waals surface area contributed by atoms with E-state index in [2.05, 4.69) is 10.6 Å². The number of halogens is 1. The molecule has 0 radical (unpaired) electrons. The van der Waals surface area contributed by atoms with Crippen molar-refractivity contribution >= 4 is 17.5 Å². The molecule has 6 heteroatoms. The van der Waals surface area contributed by atoms with Gasteiger partial charge in [0, 0.05) is 17.8 Å². The van der Waals surface area contributed by atoms with E-state index in [4.69, 9.17) is 0 Å². The van der Waals surface area contributed by atoms with E-state index < -0.39 is 5.82 Å². The van der Waals surface area contributed by atoms with E-state index in [0.29, 0.717) is 0 Å². The lowest BCUT2D eigenvalue weighted by atomic mass is 9.96. The van der Waals surface area contributed by atoms with Gasteiger partial charge in [-0.1, -0.05) is 48.0 Å². The molecule has 0 spiro atoms. The molecule has 0 saturated heterocycles. The molecule has 182 valence electrons. The maximum absolute atomic E-state index is 14.1. The summed E-state index contributed by atoms with van der Waals surface area (Å²) in [5.74, 6) is -1.07. The fourth-order valence-corrected chi connectivity index (χ4v) is 4.92. The molecule has 2 amide bonds. The monoisotopic (exact) mass is 481 g/mol. The lowest BCUT2D eigenvalue weighted by Crippen LogP contribution is -2.48. The first-order valence-electron chi connectivity index (χ1n) is 12.1. The van der Waals surface area contributed by atoms with Crippen LogP contribution in [-0.2, 0) is 4.79 Å². The Bertz CT molecular complexity index is 1440. The van der Waals surface area contributed by atoms with Crippen molar-refractivity contribution in [2.75, 3.05) is 11.4 Å². The van der Waals surface area contributed by atoms with E-state index in [-0.39, 0.29) is 36.0 Å². The molecule has 4 aromatic rings. The molecule has 0 saturated carbocycles. The Morgan fingerprint density at radius 3 is 2.39 bits per heavy atom. The highest BCUT2D eigenvalue weighted by Crippen LogP contribution is 2.42. The molecule has 5 rings (SSSR count). The lowest BCUT2D eigenvalue weighted by Gasteiger charge is -2.40. The Balaban J connectivity index is 1.58. The van der Waals surface area contributed by atoms with E-state index >= 15 is 0 Å². The second-order valence-corrected chi connectivity index (χ2v) is 9.41. The van der Waals surface area contributed by atoms with Gasteiger partial charge in [0.1, 0.15) is 18.4 Å². The summed E-state index contributed by atoms with van der Waals surface area (Å²) in [6.45, 7) is 5.61. The number of aryl methyl sites for hydroxylation is 1. The summed E-state index contributed by atoms with van der Waals surface area (Å²) in [6.07, 6.45) is 2.01. The Morgan fingerprint density at radius 1 is 0.917 bits per heavy atom. The first kappa shape index (κ1) is 23.5. The number of amides is 2. The number of hydrogen-bond donors (Lipinski definition) is 0. The van der Waals surface area contributed by atoms with Gasteiger partial charge in [0.15, 0.2) is 0 Å². The van der Waals surface area contributed by atoms with Crippen LogP contribution in [0.5, 0.6) is 0 Å². The molecule has 0 bridgehead atoms. The lowest BCUT2D eigenvalue weighted by molar-refractivity contribution is -0.120. The Labute approximate surface area is 210 Å². The van der Waals surface area contributed by atoms with Gasteiger partial charge in [-0.25, -0.2) is 4.39 Å². The van der Waals surface area contributed by atoms with E-state index in [9.17, 15) is 14.0 Å². The molecular weight excluding hydrogens is 453 g/mol. The molecule has 2 heterocycles. The highest BCUT2D eigenvalue weighted by Gasteiger charge is 2.37. The zero-order chi connectivity index (χ0) is 25.4. The fraction of sp³-hybridized carbons (Fsp3) is 0.200. The summed E-state index contributed by atoms with van der Waals surface area (Å²) < 4.78 is 16.0. The molecule has 1 atom stereocenters. The van der Waals surface area contributed by atoms with Crippen molar-refractivity contribution in [3.8, 4) is 5.69 Å². The minimum absolute atomic E-state index is 0.135. The van der Waals surface area contributed by atoms with Crippen LogP contribution in [-0.4, -0.2) is 33.9 Å². The normalized spacial score (nSPS) is 14.4. The zero-order valence-corrected chi connectivity index (χ0v) is 20.6. The van der Waals surface area contributed by atoms with Gasteiger partial charge in [-0.15, -0.1) is 0 Å². The number of fused-ring (bicyclic) bond motifs is 3. The fourth-order valence-electron chi connectivity index (χ4n) is 4.92. The van der Waals surface area contributed by atoms with Gasteiger partial charge in [-0.2, -0.15) is 0 Å². The highest BCUT2D eigenvalue weighted by atomic mass is 19.1. The minimum atomic E-state index is -0.485. The SMILES string of the molecule is Cc1cccc(C2c3cccn3-c3ccccc3N2C(=O)CN(C(=O)c2cccc(F)c2)C(C)C)c1. The summed E-state index contributed by atoms with van der Waals surface area (Å²) in [7, 11) is 0. The maximum atomic E-state index is 14.1. The second kappa shape index (κ2) is 9.46. The van der Waals surface area contributed by atoms with Crippen LogP contribution in [0.15, 0.2) is 91.1 Å². The quantitative estimate of drug-likeness (QED) is 0.356. The molecule has 1 aliphatic heterocycles. The summed E-state index contributed by atoms with van der Waals surface area (Å²) in [6, 6.07) is 24.9. The van der Waals surface area contributed by atoms with Gasteiger partial charge in [-0.05, 0) is 68.8 Å². The van der Waals surface area contributed by atoms with Crippen molar-refractivity contribution in [3.63, 3.8) is 0 Å². The number of anilines is 1. The van der Waals surface area contributed by atoms with Crippen molar-refractivity contribution < 1.29 is 14.0 Å². The maximum Gasteiger partial charge on any atom is 0.254 e. The number of carbonyl (C=O) groups is 2. The smallest absolute Gasteiger partial charge is 0.254 e.